The van der Waals surface area contributed by atoms with E-state index < -0.39 is 0 Å². The Morgan fingerprint density at radius 2 is 2.13 bits per heavy atom. The summed E-state index contributed by atoms with van der Waals surface area (Å²) in [7, 11) is 0. The Labute approximate surface area is 143 Å². The minimum absolute atomic E-state index is 0.0289. The standard InChI is InChI=1S/C17H29N3O2S/c1-2-11-21-17(3-1)22-12-10-20(16-4-13-23-14-5-16)9-8-19-7-6-18-15-19/h6-7,15-17H,1-5,8-14H2. The minimum atomic E-state index is 0.0289. The molecule has 2 aliphatic rings. The van der Waals surface area contributed by atoms with Gasteiger partial charge in [0, 0.05) is 44.7 Å². The molecule has 0 aliphatic carbocycles. The predicted molar refractivity (Wildman–Crippen MR) is 93.7 cm³/mol. The van der Waals surface area contributed by atoms with Crippen LogP contribution in [0.4, 0.5) is 0 Å². The highest BCUT2D eigenvalue weighted by Crippen LogP contribution is 2.22. The molecule has 2 saturated heterocycles. The van der Waals surface area contributed by atoms with Crippen LogP contribution in [0.1, 0.15) is 32.1 Å². The summed E-state index contributed by atoms with van der Waals surface area (Å²) in [6.07, 6.45) is 11.9. The van der Waals surface area contributed by atoms with E-state index in [4.69, 9.17) is 9.47 Å². The van der Waals surface area contributed by atoms with Gasteiger partial charge in [-0.2, -0.15) is 11.8 Å². The average Bonchev–Trinajstić information content (AvgIpc) is 3.13. The second-order valence-electron chi connectivity index (χ2n) is 6.35. The zero-order chi connectivity index (χ0) is 15.7. The van der Waals surface area contributed by atoms with Crippen LogP contribution in [0.2, 0.25) is 0 Å². The van der Waals surface area contributed by atoms with Crippen molar-refractivity contribution in [2.24, 2.45) is 0 Å². The number of hydrogen-bond donors (Lipinski definition) is 0. The van der Waals surface area contributed by atoms with Gasteiger partial charge in [-0.3, -0.25) is 4.90 Å². The summed E-state index contributed by atoms with van der Waals surface area (Å²) >= 11 is 2.09. The van der Waals surface area contributed by atoms with Crippen LogP contribution in [0, 0.1) is 0 Å². The maximum absolute atomic E-state index is 5.95. The third kappa shape index (κ3) is 5.78. The van der Waals surface area contributed by atoms with Gasteiger partial charge >= 0.3 is 0 Å². The molecule has 2 aliphatic heterocycles. The molecule has 0 bridgehead atoms. The lowest BCUT2D eigenvalue weighted by molar-refractivity contribution is -0.165. The molecule has 6 heteroatoms. The topological polar surface area (TPSA) is 39.5 Å². The summed E-state index contributed by atoms with van der Waals surface area (Å²) in [5.74, 6) is 2.58. The van der Waals surface area contributed by atoms with Crippen LogP contribution in [0.3, 0.4) is 0 Å². The van der Waals surface area contributed by atoms with Gasteiger partial charge in [0.2, 0.25) is 0 Å². The SMILES string of the molecule is c1cn(CCN(CCOC2CCCCO2)C2CCSCC2)cn1. The third-order valence-electron chi connectivity index (χ3n) is 4.73. The van der Waals surface area contributed by atoms with Crippen molar-refractivity contribution < 1.29 is 9.47 Å². The molecule has 3 rings (SSSR count). The highest BCUT2D eigenvalue weighted by Gasteiger charge is 2.22. The van der Waals surface area contributed by atoms with Gasteiger partial charge in [0.25, 0.3) is 0 Å². The van der Waals surface area contributed by atoms with E-state index in [1.54, 1.807) is 0 Å². The molecule has 0 spiro atoms. The van der Waals surface area contributed by atoms with Crippen LogP contribution in [-0.4, -0.2) is 64.6 Å². The molecule has 2 fully saturated rings. The van der Waals surface area contributed by atoms with Gasteiger partial charge in [-0.25, -0.2) is 4.98 Å². The lowest BCUT2D eigenvalue weighted by atomic mass is 10.1. The monoisotopic (exact) mass is 339 g/mol. The first kappa shape index (κ1) is 17.3. The molecule has 23 heavy (non-hydrogen) atoms. The fourth-order valence-electron chi connectivity index (χ4n) is 3.33. The first-order valence-electron chi connectivity index (χ1n) is 8.92. The van der Waals surface area contributed by atoms with Gasteiger partial charge < -0.3 is 14.0 Å². The Hall–Kier alpha value is -0.560. The van der Waals surface area contributed by atoms with E-state index in [0.717, 1.165) is 39.3 Å². The van der Waals surface area contributed by atoms with Gasteiger partial charge in [-0.1, -0.05) is 0 Å². The molecule has 5 nitrogen and oxygen atoms in total. The fraction of sp³-hybridized carbons (Fsp3) is 0.824. The number of ether oxygens (including phenoxy) is 2. The predicted octanol–water partition coefficient (Wildman–Crippen LogP) is 2.62. The molecule has 0 N–H and O–H groups in total. The zero-order valence-electron chi connectivity index (χ0n) is 13.9. The number of nitrogens with zero attached hydrogens (tertiary/aromatic N) is 3. The van der Waals surface area contributed by atoms with Crippen LogP contribution >= 0.6 is 11.8 Å². The van der Waals surface area contributed by atoms with Gasteiger partial charge in [0.05, 0.1) is 12.9 Å². The van der Waals surface area contributed by atoms with E-state index in [-0.39, 0.29) is 6.29 Å². The molecule has 0 amide bonds. The highest BCUT2D eigenvalue weighted by molar-refractivity contribution is 7.99. The minimum Gasteiger partial charge on any atom is -0.353 e. The number of thioether (sulfide) groups is 1. The number of hydrogen-bond acceptors (Lipinski definition) is 5. The lowest BCUT2D eigenvalue weighted by Gasteiger charge is -2.34. The van der Waals surface area contributed by atoms with Crippen molar-refractivity contribution in [2.45, 2.75) is 51.0 Å². The first-order valence-corrected chi connectivity index (χ1v) is 10.1. The van der Waals surface area contributed by atoms with Crippen molar-refractivity contribution in [1.29, 1.82) is 0 Å². The van der Waals surface area contributed by atoms with E-state index in [9.17, 15) is 0 Å². The Kier molecular flexibility index (Phi) is 7.26. The van der Waals surface area contributed by atoms with Gasteiger partial charge in [0.15, 0.2) is 6.29 Å². The second-order valence-corrected chi connectivity index (χ2v) is 7.57. The summed E-state index contributed by atoms with van der Waals surface area (Å²) < 4.78 is 13.8. The van der Waals surface area contributed by atoms with Crippen LogP contribution in [0.15, 0.2) is 18.7 Å². The number of aromatic nitrogens is 2. The van der Waals surface area contributed by atoms with E-state index in [1.807, 2.05) is 18.7 Å². The Morgan fingerprint density at radius 1 is 1.22 bits per heavy atom. The molecule has 0 saturated carbocycles. The van der Waals surface area contributed by atoms with Crippen LogP contribution < -0.4 is 0 Å². The lowest BCUT2D eigenvalue weighted by Crippen LogP contribution is -2.42. The van der Waals surface area contributed by atoms with Crippen molar-refractivity contribution >= 4 is 11.8 Å². The molecule has 1 atom stereocenters. The Bertz CT molecular complexity index is 417. The smallest absolute Gasteiger partial charge is 0.157 e. The zero-order valence-corrected chi connectivity index (χ0v) is 14.8. The quantitative estimate of drug-likeness (QED) is 0.728. The first-order chi connectivity index (χ1) is 11.4. The Balaban J connectivity index is 1.45. The normalized spacial score (nSPS) is 23.4. The molecule has 130 valence electrons. The second kappa shape index (κ2) is 9.67. The van der Waals surface area contributed by atoms with E-state index >= 15 is 0 Å². The summed E-state index contributed by atoms with van der Waals surface area (Å²) in [6, 6.07) is 0.704. The van der Waals surface area contributed by atoms with Crippen molar-refractivity contribution in [3.8, 4) is 0 Å². The molecule has 1 aromatic heterocycles. The van der Waals surface area contributed by atoms with Crippen molar-refractivity contribution in [2.75, 3.05) is 37.8 Å². The summed E-state index contributed by atoms with van der Waals surface area (Å²) in [5.41, 5.74) is 0. The largest absolute Gasteiger partial charge is 0.353 e. The number of rotatable bonds is 8. The summed E-state index contributed by atoms with van der Waals surface area (Å²) in [4.78, 5) is 6.75. The molecule has 3 heterocycles. The molecule has 0 radical (unpaired) electrons. The van der Waals surface area contributed by atoms with Crippen molar-refractivity contribution in [1.82, 2.24) is 14.5 Å². The molecular formula is C17H29N3O2S. The van der Waals surface area contributed by atoms with Crippen LogP contribution in [-0.2, 0) is 16.0 Å². The molecule has 1 aromatic rings. The van der Waals surface area contributed by atoms with Crippen LogP contribution in [0.5, 0.6) is 0 Å². The maximum Gasteiger partial charge on any atom is 0.157 e. The maximum atomic E-state index is 5.95. The average molecular weight is 340 g/mol. The van der Waals surface area contributed by atoms with Gasteiger partial charge in [-0.05, 0) is 43.6 Å². The van der Waals surface area contributed by atoms with E-state index in [1.165, 1.54) is 37.2 Å². The number of imidazole rings is 1. The van der Waals surface area contributed by atoms with Gasteiger partial charge in [0.1, 0.15) is 0 Å². The highest BCUT2D eigenvalue weighted by atomic mass is 32.2. The van der Waals surface area contributed by atoms with Crippen molar-refractivity contribution in [3.05, 3.63) is 18.7 Å². The Morgan fingerprint density at radius 3 is 2.87 bits per heavy atom. The molecule has 1 unspecified atom stereocenters. The van der Waals surface area contributed by atoms with Crippen LogP contribution in [0.25, 0.3) is 0 Å². The van der Waals surface area contributed by atoms with E-state index in [0.29, 0.717) is 6.04 Å². The summed E-state index contributed by atoms with van der Waals surface area (Å²) in [6.45, 7) is 4.71. The third-order valence-corrected chi connectivity index (χ3v) is 5.78. The van der Waals surface area contributed by atoms with Gasteiger partial charge in [-0.15, -0.1) is 0 Å². The fourth-order valence-corrected chi connectivity index (χ4v) is 4.42. The molecule has 0 aromatic carbocycles. The summed E-state index contributed by atoms with van der Waals surface area (Å²) in [5, 5.41) is 0. The van der Waals surface area contributed by atoms with E-state index in [2.05, 4.69) is 26.2 Å². The molecular weight excluding hydrogens is 310 g/mol. The van der Waals surface area contributed by atoms with Crippen molar-refractivity contribution in [3.63, 3.8) is 0 Å².